The van der Waals surface area contributed by atoms with Gasteiger partial charge in [0.15, 0.2) is 0 Å². The van der Waals surface area contributed by atoms with Crippen LogP contribution in [-0.2, 0) is 0 Å². The Morgan fingerprint density at radius 2 is 1.75 bits per heavy atom. The molecule has 1 atom stereocenters. The van der Waals surface area contributed by atoms with Gasteiger partial charge in [-0.15, -0.1) is 24.8 Å². The predicted molar refractivity (Wildman–Crippen MR) is 81.8 cm³/mol. The molecule has 1 aliphatic rings. The van der Waals surface area contributed by atoms with Gasteiger partial charge in [0, 0.05) is 31.7 Å². The maximum atomic E-state index is 13.9. The number of rotatable bonds is 3. The molecule has 1 aliphatic heterocycles. The number of benzene rings is 1. The predicted octanol–water partition coefficient (Wildman–Crippen LogP) is 3.64. The number of hydrogen-bond acceptors (Lipinski definition) is 2. The Hall–Kier alpha value is -0.0100. The largest absolute Gasteiger partial charge is 0.314 e. The number of nitrogens with zero attached hydrogens (tertiary/aromatic N) is 1. The summed E-state index contributed by atoms with van der Waals surface area (Å²) in [4.78, 5) is 1.63. The van der Waals surface area contributed by atoms with Gasteiger partial charge in [-0.25, -0.2) is 13.2 Å². The third kappa shape index (κ3) is 4.49. The highest BCUT2D eigenvalue weighted by Crippen LogP contribution is 2.32. The van der Waals surface area contributed by atoms with Crippen LogP contribution in [0.1, 0.15) is 11.6 Å². The molecule has 1 saturated heterocycles. The first kappa shape index (κ1) is 20.0. The fraction of sp³-hybridized carbons (Fsp3) is 0.500. The molecule has 0 radical (unpaired) electrons. The van der Waals surface area contributed by atoms with Crippen LogP contribution in [0.25, 0.3) is 0 Å². The van der Waals surface area contributed by atoms with Crippen molar-refractivity contribution in [3.8, 4) is 0 Å². The molecule has 1 fully saturated rings. The van der Waals surface area contributed by atoms with Gasteiger partial charge < -0.3 is 5.32 Å². The van der Waals surface area contributed by atoms with E-state index in [1.165, 1.54) is 12.1 Å². The summed E-state index contributed by atoms with van der Waals surface area (Å²) in [5.41, 5.74) is 0.0567. The molecule has 0 saturated carbocycles. The number of halogens is 6. The first-order valence-corrected chi connectivity index (χ1v) is 6.57. The Labute approximate surface area is 137 Å². The van der Waals surface area contributed by atoms with E-state index in [1.807, 2.05) is 0 Å². The zero-order valence-corrected chi connectivity index (χ0v) is 13.7. The minimum absolute atomic E-state index is 0. The van der Waals surface area contributed by atoms with Crippen molar-refractivity contribution in [3.05, 3.63) is 34.1 Å². The van der Waals surface area contributed by atoms with Gasteiger partial charge in [0.2, 0.25) is 0 Å². The van der Waals surface area contributed by atoms with Crippen LogP contribution in [0.4, 0.5) is 13.2 Å². The quantitative estimate of drug-likeness (QED) is 0.840. The standard InChI is InChI=1S/C12H14BrF3N2.2ClH/c13-9-3-1-2-8(10(9)14)11(12(15)16)18-6-4-17-5-7-18;;/h1-3,11-12,17H,4-7H2;2*1H/t11-;;/m0../s1. The van der Waals surface area contributed by atoms with E-state index in [0.717, 1.165) is 0 Å². The number of alkyl halides is 2. The normalized spacial score (nSPS) is 17.2. The van der Waals surface area contributed by atoms with Crippen LogP contribution in [0.2, 0.25) is 0 Å². The van der Waals surface area contributed by atoms with Crippen LogP contribution < -0.4 is 5.32 Å². The molecule has 2 nitrogen and oxygen atoms in total. The molecular weight excluding hydrogens is 380 g/mol. The van der Waals surface area contributed by atoms with Gasteiger partial charge in [0.05, 0.1) is 10.5 Å². The van der Waals surface area contributed by atoms with E-state index in [2.05, 4.69) is 21.2 Å². The first-order chi connectivity index (χ1) is 8.61. The summed E-state index contributed by atoms with van der Waals surface area (Å²) in [6.07, 6.45) is -2.60. The van der Waals surface area contributed by atoms with Crippen molar-refractivity contribution in [2.75, 3.05) is 26.2 Å². The Balaban J connectivity index is 0.00000180. The van der Waals surface area contributed by atoms with Gasteiger partial charge in [-0.1, -0.05) is 12.1 Å². The van der Waals surface area contributed by atoms with Gasteiger partial charge in [0.1, 0.15) is 5.82 Å². The molecule has 1 heterocycles. The van der Waals surface area contributed by atoms with Gasteiger partial charge in [0.25, 0.3) is 6.43 Å². The second-order valence-electron chi connectivity index (χ2n) is 4.21. The Bertz CT molecular complexity index is 418. The Kier molecular flexibility index (Phi) is 9.09. The molecule has 116 valence electrons. The van der Waals surface area contributed by atoms with E-state index in [0.29, 0.717) is 26.2 Å². The summed E-state index contributed by atoms with van der Waals surface area (Å²) >= 11 is 3.04. The van der Waals surface area contributed by atoms with Crippen LogP contribution in [0.15, 0.2) is 22.7 Å². The molecule has 0 unspecified atom stereocenters. The molecule has 0 amide bonds. The van der Waals surface area contributed by atoms with Gasteiger partial charge >= 0.3 is 0 Å². The summed E-state index contributed by atoms with van der Waals surface area (Å²) in [5.74, 6) is -0.596. The van der Waals surface area contributed by atoms with Crippen molar-refractivity contribution in [3.63, 3.8) is 0 Å². The molecule has 1 aromatic rings. The van der Waals surface area contributed by atoms with Crippen LogP contribution in [0.5, 0.6) is 0 Å². The Morgan fingerprint density at radius 1 is 1.15 bits per heavy atom. The van der Waals surface area contributed by atoms with E-state index in [4.69, 9.17) is 0 Å². The maximum absolute atomic E-state index is 13.9. The van der Waals surface area contributed by atoms with Crippen LogP contribution in [0, 0.1) is 5.82 Å². The molecule has 8 heteroatoms. The molecule has 0 aromatic heterocycles. The molecule has 1 N–H and O–H groups in total. The van der Waals surface area contributed by atoms with Crippen LogP contribution in [0.3, 0.4) is 0 Å². The van der Waals surface area contributed by atoms with Gasteiger partial charge in [-0.2, -0.15) is 0 Å². The zero-order valence-electron chi connectivity index (χ0n) is 10.5. The third-order valence-corrected chi connectivity index (χ3v) is 3.70. The lowest BCUT2D eigenvalue weighted by atomic mass is 10.0. The van der Waals surface area contributed by atoms with Crippen molar-refractivity contribution in [2.24, 2.45) is 0 Å². The smallest absolute Gasteiger partial charge is 0.258 e. The van der Waals surface area contributed by atoms with Crippen molar-refractivity contribution < 1.29 is 13.2 Å². The third-order valence-electron chi connectivity index (χ3n) is 3.08. The van der Waals surface area contributed by atoms with E-state index in [1.54, 1.807) is 11.0 Å². The highest BCUT2D eigenvalue weighted by molar-refractivity contribution is 9.10. The number of nitrogens with one attached hydrogen (secondary N) is 1. The highest BCUT2D eigenvalue weighted by Gasteiger charge is 2.32. The van der Waals surface area contributed by atoms with Crippen molar-refractivity contribution in [1.82, 2.24) is 10.2 Å². The summed E-state index contributed by atoms with van der Waals surface area (Å²) in [5, 5.41) is 3.10. The SMILES string of the molecule is Cl.Cl.Fc1c(Br)cccc1[C@@H](C(F)F)N1CCNCC1. The molecule has 1 aromatic carbocycles. The van der Waals surface area contributed by atoms with Gasteiger partial charge in [-0.05, 0) is 22.0 Å². The lowest BCUT2D eigenvalue weighted by Crippen LogP contribution is -2.47. The van der Waals surface area contributed by atoms with Crippen LogP contribution in [-0.4, -0.2) is 37.5 Å². The minimum atomic E-state index is -2.60. The van der Waals surface area contributed by atoms with Crippen molar-refractivity contribution in [2.45, 2.75) is 12.5 Å². The maximum Gasteiger partial charge on any atom is 0.258 e. The second-order valence-corrected chi connectivity index (χ2v) is 5.06. The molecule has 2 rings (SSSR count). The summed E-state index contributed by atoms with van der Waals surface area (Å²) < 4.78 is 40.6. The summed E-state index contributed by atoms with van der Waals surface area (Å²) in [6.45, 7) is 2.31. The van der Waals surface area contributed by atoms with E-state index in [-0.39, 0.29) is 34.9 Å². The van der Waals surface area contributed by atoms with E-state index < -0.39 is 18.3 Å². The average Bonchev–Trinajstić information content (AvgIpc) is 2.36. The lowest BCUT2D eigenvalue weighted by molar-refractivity contribution is 0.0163. The second kappa shape index (κ2) is 9.10. The zero-order chi connectivity index (χ0) is 13.1. The minimum Gasteiger partial charge on any atom is -0.314 e. The molecule has 0 aliphatic carbocycles. The lowest BCUT2D eigenvalue weighted by Gasteiger charge is -2.34. The van der Waals surface area contributed by atoms with E-state index >= 15 is 0 Å². The molecule has 0 spiro atoms. The fourth-order valence-electron chi connectivity index (χ4n) is 2.20. The summed E-state index contributed by atoms with van der Waals surface area (Å²) in [6, 6.07) is 3.35. The Morgan fingerprint density at radius 3 is 2.30 bits per heavy atom. The molecule has 20 heavy (non-hydrogen) atoms. The summed E-state index contributed by atoms with van der Waals surface area (Å²) in [7, 11) is 0. The fourth-order valence-corrected chi connectivity index (χ4v) is 2.58. The molecular formula is C12H16BrCl2F3N2. The van der Waals surface area contributed by atoms with Gasteiger partial charge in [-0.3, -0.25) is 4.90 Å². The van der Waals surface area contributed by atoms with Crippen LogP contribution >= 0.6 is 40.7 Å². The number of hydrogen-bond donors (Lipinski definition) is 1. The topological polar surface area (TPSA) is 15.3 Å². The monoisotopic (exact) mass is 394 g/mol. The molecule has 0 bridgehead atoms. The van der Waals surface area contributed by atoms with Crippen molar-refractivity contribution >= 4 is 40.7 Å². The highest BCUT2D eigenvalue weighted by atomic mass is 79.9. The van der Waals surface area contributed by atoms with Crippen molar-refractivity contribution in [1.29, 1.82) is 0 Å². The average molecular weight is 396 g/mol. The van der Waals surface area contributed by atoms with E-state index in [9.17, 15) is 13.2 Å². The number of piperazine rings is 1. The first-order valence-electron chi connectivity index (χ1n) is 5.78.